The Balaban J connectivity index is 0.000000177. The molecule has 9 aromatic rings. The van der Waals surface area contributed by atoms with Gasteiger partial charge in [0, 0.05) is 95.2 Å². The molecule has 6 aromatic heterocycles. The van der Waals surface area contributed by atoms with Crippen molar-refractivity contribution in [2.24, 2.45) is 0 Å². The number of hydrogen-bond donors (Lipinski definition) is 3. The maximum absolute atomic E-state index is 13.5. The lowest BCUT2D eigenvalue weighted by atomic mass is 10.2. The molecular formula is C74H71F9N16O12. The van der Waals surface area contributed by atoms with Crippen molar-refractivity contribution in [3.05, 3.63) is 193 Å². The summed E-state index contributed by atoms with van der Waals surface area (Å²) in [5.74, 6) is -6.82. The highest BCUT2D eigenvalue weighted by atomic mass is 19.4. The van der Waals surface area contributed by atoms with E-state index >= 15 is 0 Å². The predicted molar refractivity (Wildman–Crippen MR) is 383 cm³/mol. The Morgan fingerprint density at radius 1 is 0.450 bits per heavy atom. The van der Waals surface area contributed by atoms with Crippen molar-refractivity contribution in [1.29, 1.82) is 5.26 Å². The second-order valence-corrected chi connectivity index (χ2v) is 24.4. The number of nitriles is 1. The number of unbranched alkanes of at least 4 members (excludes halogenated alkanes) is 1. The highest BCUT2D eigenvalue weighted by molar-refractivity contribution is 6.05. The summed E-state index contributed by atoms with van der Waals surface area (Å²) in [6.07, 6.45) is -7.76. The van der Waals surface area contributed by atoms with Gasteiger partial charge in [0.25, 0.3) is 17.7 Å². The lowest BCUT2D eigenvalue weighted by Crippen LogP contribution is -2.49. The Bertz CT molecular complexity index is 4660. The molecule has 3 N–H and O–H groups in total. The third-order valence-electron chi connectivity index (χ3n) is 16.7. The van der Waals surface area contributed by atoms with Crippen LogP contribution in [0.15, 0.2) is 172 Å². The van der Waals surface area contributed by atoms with Gasteiger partial charge in [0.1, 0.15) is 24.1 Å². The lowest BCUT2D eigenvalue weighted by molar-refractivity contribution is -0.153. The van der Waals surface area contributed by atoms with Crippen molar-refractivity contribution >= 4 is 70.5 Å². The molecule has 3 fully saturated rings. The Morgan fingerprint density at radius 3 is 1.01 bits per heavy atom. The zero-order valence-corrected chi connectivity index (χ0v) is 59.2. The van der Waals surface area contributed by atoms with Crippen LogP contribution >= 0.6 is 0 Å². The largest absolute Gasteiger partial charge is 0.452 e. The number of amides is 6. The molecule has 0 aliphatic carbocycles. The number of benzene rings is 3. The summed E-state index contributed by atoms with van der Waals surface area (Å²) in [5, 5.41) is 15.7. The van der Waals surface area contributed by atoms with E-state index in [-0.39, 0.29) is 66.6 Å². The van der Waals surface area contributed by atoms with Crippen molar-refractivity contribution in [3.63, 3.8) is 0 Å². The molecule has 0 radical (unpaired) electrons. The van der Waals surface area contributed by atoms with Crippen LogP contribution in [-0.2, 0) is 32.7 Å². The maximum atomic E-state index is 13.5. The van der Waals surface area contributed by atoms with Gasteiger partial charge < -0.3 is 72.8 Å². The van der Waals surface area contributed by atoms with Gasteiger partial charge in [-0.2, -0.15) is 44.8 Å². The Kier molecular flexibility index (Phi) is 27.0. The summed E-state index contributed by atoms with van der Waals surface area (Å²) in [5.41, 5.74) is -1.13. The highest BCUT2D eigenvalue weighted by Gasteiger charge is 2.45. The van der Waals surface area contributed by atoms with E-state index in [0.717, 1.165) is 12.8 Å². The van der Waals surface area contributed by atoms with Crippen LogP contribution in [0.5, 0.6) is 0 Å². The summed E-state index contributed by atoms with van der Waals surface area (Å²) < 4.78 is 152. The zero-order valence-electron chi connectivity index (χ0n) is 59.2. The third-order valence-corrected chi connectivity index (χ3v) is 16.7. The number of halogens is 9. The fraction of sp³-hybridized carbons (Fsp3) is 0.311. The van der Waals surface area contributed by atoms with Gasteiger partial charge in [0.2, 0.25) is 35.0 Å². The number of oxazole rings is 3. The zero-order chi connectivity index (χ0) is 79.2. The molecule has 0 bridgehead atoms. The van der Waals surface area contributed by atoms with Gasteiger partial charge in [0.05, 0.1) is 61.4 Å². The monoisotopic (exact) mass is 1550 g/mol. The van der Waals surface area contributed by atoms with Gasteiger partial charge in [-0.25, -0.2) is 44.3 Å². The first-order valence-corrected chi connectivity index (χ1v) is 34.5. The molecule has 12 rings (SSSR count). The molecule has 6 amide bonds. The number of hydrogen-bond acceptors (Lipinski definition) is 22. The van der Waals surface area contributed by atoms with Crippen LogP contribution < -0.4 is 30.7 Å². The number of ether oxygens (including phenoxy) is 3. The molecule has 582 valence electrons. The first kappa shape index (κ1) is 80.5. The summed E-state index contributed by atoms with van der Waals surface area (Å²) >= 11 is 0. The number of rotatable bonds is 20. The third kappa shape index (κ3) is 21.9. The summed E-state index contributed by atoms with van der Waals surface area (Å²) in [4.78, 5) is 109. The second kappa shape index (κ2) is 37.2. The van der Waals surface area contributed by atoms with E-state index < -0.39 is 76.7 Å². The smallest absolute Gasteiger partial charge is 0.449 e. The first-order chi connectivity index (χ1) is 53.3. The van der Waals surface area contributed by atoms with Crippen molar-refractivity contribution < 1.29 is 95.7 Å². The van der Waals surface area contributed by atoms with E-state index in [1.165, 1.54) is 78.1 Å². The maximum Gasteiger partial charge on any atom is 0.452 e. The predicted octanol–water partition coefficient (Wildman–Crippen LogP) is 14.1. The van der Waals surface area contributed by atoms with Gasteiger partial charge in [-0.05, 0) is 85.6 Å². The van der Waals surface area contributed by atoms with Crippen molar-refractivity contribution in [3.8, 4) is 40.4 Å². The van der Waals surface area contributed by atoms with Crippen molar-refractivity contribution in [2.45, 2.75) is 51.1 Å². The van der Waals surface area contributed by atoms with Crippen LogP contribution in [0.25, 0.3) is 34.4 Å². The van der Waals surface area contributed by atoms with Gasteiger partial charge in [-0.1, -0.05) is 74.0 Å². The van der Waals surface area contributed by atoms with Gasteiger partial charge >= 0.3 is 36.8 Å². The molecule has 28 nitrogen and oxygen atoms in total. The van der Waals surface area contributed by atoms with E-state index in [0.29, 0.717) is 126 Å². The fourth-order valence-electron chi connectivity index (χ4n) is 11.0. The van der Waals surface area contributed by atoms with Gasteiger partial charge in [-0.3, -0.25) is 14.4 Å². The fourth-order valence-corrected chi connectivity index (χ4v) is 11.0. The number of nitrogens with zero attached hydrogens (tertiary/aromatic N) is 13. The van der Waals surface area contributed by atoms with Crippen molar-refractivity contribution in [1.82, 2.24) is 44.6 Å². The van der Waals surface area contributed by atoms with Gasteiger partial charge in [-0.15, -0.1) is 6.58 Å². The number of alkyl halides is 9. The molecule has 37 heteroatoms. The Labute approximate surface area is 627 Å². The molecule has 9 heterocycles. The number of anilines is 6. The van der Waals surface area contributed by atoms with Crippen LogP contribution in [0.2, 0.25) is 0 Å². The molecule has 0 atom stereocenters. The molecule has 3 aromatic carbocycles. The molecule has 3 saturated heterocycles. The van der Waals surface area contributed by atoms with Crippen molar-refractivity contribution in [2.75, 3.05) is 129 Å². The molecule has 0 spiro atoms. The van der Waals surface area contributed by atoms with Crippen LogP contribution in [0, 0.1) is 11.3 Å². The molecule has 3 aliphatic rings. The summed E-state index contributed by atoms with van der Waals surface area (Å²) in [6, 6.07) is 35.3. The highest BCUT2D eigenvalue weighted by Crippen LogP contribution is 2.39. The normalized spacial score (nSPS) is 13.8. The minimum atomic E-state index is -4.92. The van der Waals surface area contributed by atoms with Crippen LogP contribution in [0.1, 0.15) is 81.4 Å². The SMILES string of the molecule is C=CCCOC(=O)N1CCN(c2ccc(NC(=O)c3nc(-c4ccccc4)oc3C(F)(F)F)cn2)CC1.CCCCOC(=O)N1CCN(c2ccc(NC(=O)c3nc(-c4ccccc4)oc3C(F)(F)F)cn2)CC1.N#CCCOC(=O)N1CCN(c2ccc(NC(=O)c3nc(-c4ccccc4)oc3C(F)(F)F)cn2)CC1. The molecule has 111 heavy (non-hydrogen) atoms. The number of carbonyl (C=O) groups excluding carboxylic acids is 6. The number of carbonyl (C=O) groups is 6. The van der Waals surface area contributed by atoms with Gasteiger partial charge in [0.15, 0.2) is 17.1 Å². The van der Waals surface area contributed by atoms with E-state index in [1.807, 2.05) is 27.7 Å². The summed E-state index contributed by atoms with van der Waals surface area (Å²) in [6.45, 7) is 12.0. The molecule has 3 aliphatic heterocycles. The Hall–Kier alpha value is -13.0. The first-order valence-electron chi connectivity index (χ1n) is 34.5. The van der Waals surface area contributed by atoms with E-state index in [9.17, 15) is 68.3 Å². The van der Waals surface area contributed by atoms with Crippen LogP contribution in [-0.4, -0.2) is 179 Å². The minimum Gasteiger partial charge on any atom is -0.449 e. The minimum absolute atomic E-state index is 0.0383. The quantitative estimate of drug-likeness (QED) is 0.0276. The number of pyridine rings is 3. The number of nitrogens with one attached hydrogen (secondary N) is 3. The average molecular weight is 1550 g/mol. The van der Waals surface area contributed by atoms with Crippen LogP contribution in [0.4, 0.5) is 88.4 Å². The van der Waals surface area contributed by atoms with E-state index in [4.69, 9.17) is 32.7 Å². The molecule has 0 saturated carbocycles. The molecular weight excluding hydrogens is 1480 g/mol. The summed E-state index contributed by atoms with van der Waals surface area (Å²) in [7, 11) is 0. The standard InChI is InChI=1S/C25H26F3N5O4.C25H24F3N5O4.C24H21F3N6O4/c2*1-2-3-15-36-24(35)33-13-11-32(12-14-33)19-10-9-18(16-29-19)30-22(34)20-21(25(26,27)28)37-23(31-20)17-7-5-4-6-8-17;25-24(26,27)20-19(31-22(37-20)16-5-2-1-3-6-16)21(34)30-17-7-8-18(29-15-17)32-10-12-33(13-11-32)23(35)36-14-4-9-28/h4-10,16H,2-3,11-15H2,1H3,(H,30,34);2,4-10,16H,1,3,11-15H2,(H,30,34);1-3,5-8,15H,4,10-14H2,(H,30,34). The second-order valence-electron chi connectivity index (χ2n) is 24.4. The van der Waals surface area contributed by atoms with E-state index in [2.05, 4.69) is 52.4 Å². The topological polar surface area (TPSA) is 326 Å². The number of piperazine rings is 3. The van der Waals surface area contributed by atoms with Crippen LogP contribution in [0.3, 0.4) is 0 Å². The Morgan fingerprint density at radius 2 is 0.748 bits per heavy atom. The number of aromatic nitrogens is 6. The average Bonchev–Trinajstić information content (AvgIpc) is 1.66. The lowest BCUT2D eigenvalue weighted by Gasteiger charge is -2.34. The molecule has 0 unspecified atom stereocenters. The van der Waals surface area contributed by atoms with E-state index in [1.54, 1.807) is 88.7 Å².